The fraction of sp³-hybridized carbons (Fsp3) is 0.667. The average molecular weight is 264 g/mol. The van der Waals surface area contributed by atoms with E-state index in [0.717, 1.165) is 31.2 Å². The molecule has 1 aromatic rings. The molecule has 0 fully saturated rings. The molecule has 1 unspecified atom stereocenters. The largest absolute Gasteiger partial charge is 0.388 e. The molecule has 1 amide bonds. The fourth-order valence-electron chi connectivity index (χ4n) is 2.64. The van der Waals surface area contributed by atoms with Gasteiger partial charge in [-0.15, -0.1) is 0 Å². The third-order valence-electron chi connectivity index (χ3n) is 3.58. The summed E-state index contributed by atoms with van der Waals surface area (Å²) in [5.41, 5.74) is 2.30. The lowest BCUT2D eigenvalue weighted by Crippen LogP contribution is -2.30. The fourth-order valence-corrected chi connectivity index (χ4v) is 2.64. The predicted molar refractivity (Wildman–Crippen MR) is 74.8 cm³/mol. The van der Waals surface area contributed by atoms with Gasteiger partial charge in [-0.25, -0.2) is 0 Å². The first-order chi connectivity index (χ1) is 9.06. The number of nitrogens with zero attached hydrogens (tertiary/aromatic N) is 1. The Morgan fingerprint density at radius 3 is 3.00 bits per heavy atom. The van der Waals surface area contributed by atoms with E-state index in [1.807, 2.05) is 24.6 Å². The van der Waals surface area contributed by atoms with Gasteiger partial charge in [-0.3, -0.25) is 4.79 Å². The summed E-state index contributed by atoms with van der Waals surface area (Å²) in [5, 5.41) is 13.0. The molecule has 0 radical (unpaired) electrons. The second-order valence-electron chi connectivity index (χ2n) is 5.71. The second-order valence-corrected chi connectivity index (χ2v) is 5.71. The van der Waals surface area contributed by atoms with E-state index in [1.165, 1.54) is 5.56 Å². The summed E-state index contributed by atoms with van der Waals surface area (Å²) < 4.78 is 2.04. The summed E-state index contributed by atoms with van der Waals surface area (Å²) in [6.07, 6.45) is 8.38. The van der Waals surface area contributed by atoms with Crippen molar-refractivity contribution in [1.29, 1.82) is 0 Å². The zero-order valence-electron chi connectivity index (χ0n) is 11.9. The SMILES string of the molecule is CC(C)NC(=O)CCn1cc2c(c1)C(O)CCCC2. The number of carbonyl (C=O) groups excluding carboxylic acids is 1. The quantitative estimate of drug-likeness (QED) is 0.819. The van der Waals surface area contributed by atoms with Crippen LogP contribution in [0.25, 0.3) is 0 Å². The van der Waals surface area contributed by atoms with Crippen LogP contribution in [0.3, 0.4) is 0 Å². The molecule has 106 valence electrons. The van der Waals surface area contributed by atoms with E-state index >= 15 is 0 Å². The van der Waals surface area contributed by atoms with E-state index in [1.54, 1.807) is 0 Å². The van der Waals surface area contributed by atoms with Crippen molar-refractivity contribution in [3.05, 3.63) is 23.5 Å². The molecule has 2 rings (SSSR count). The van der Waals surface area contributed by atoms with Gasteiger partial charge in [0.05, 0.1) is 6.10 Å². The number of hydrogen-bond acceptors (Lipinski definition) is 2. The summed E-state index contributed by atoms with van der Waals surface area (Å²) in [6.45, 7) is 4.61. The molecule has 1 aromatic heterocycles. The van der Waals surface area contributed by atoms with Gasteiger partial charge in [0, 0.05) is 37.0 Å². The molecule has 1 aliphatic rings. The van der Waals surface area contributed by atoms with Crippen molar-refractivity contribution in [2.24, 2.45) is 0 Å². The molecule has 2 N–H and O–H groups in total. The smallest absolute Gasteiger partial charge is 0.221 e. The summed E-state index contributed by atoms with van der Waals surface area (Å²) in [4.78, 5) is 11.6. The van der Waals surface area contributed by atoms with Crippen LogP contribution in [0.2, 0.25) is 0 Å². The van der Waals surface area contributed by atoms with Crippen LogP contribution < -0.4 is 5.32 Å². The van der Waals surface area contributed by atoms with E-state index in [-0.39, 0.29) is 18.1 Å². The highest BCUT2D eigenvalue weighted by molar-refractivity contribution is 5.76. The molecule has 1 aliphatic carbocycles. The topological polar surface area (TPSA) is 54.3 Å². The van der Waals surface area contributed by atoms with Crippen LogP contribution in [0.5, 0.6) is 0 Å². The van der Waals surface area contributed by atoms with Gasteiger partial charge in [-0.1, -0.05) is 6.42 Å². The van der Waals surface area contributed by atoms with E-state index in [4.69, 9.17) is 0 Å². The minimum absolute atomic E-state index is 0.0828. The zero-order chi connectivity index (χ0) is 13.8. The molecule has 1 atom stereocenters. The summed E-state index contributed by atoms with van der Waals surface area (Å²) in [7, 11) is 0. The van der Waals surface area contributed by atoms with Crippen LogP contribution in [0.1, 0.15) is 56.8 Å². The van der Waals surface area contributed by atoms with E-state index < -0.39 is 0 Å². The molecular formula is C15H24N2O2. The van der Waals surface area contributed by atoms with Crippen molar-refractivity contribution in [2.45, 2.75) is 64.6 Å². The number of carbonyl (C=O) groups is 1. The number of aromatic nitrogens is 1. The van der Waals surface area contributed by atoms with Crippen molar-refractivity contribution in [2.75, 3.05) is 0 Å². The molecule has 19 heavy (non-hydrogen) atoms. The van der Waals surface area contributed by atoms with E-state index in [9.17, 15) is 9.90 Å². The van der Waals surface area contributed by atoms with Crippen LogP contribution in [0.15, 0.2) is 12.4 Å². The van der Waals surface area contributed by atoms with Gasteiger partial charge in [0.15, 0.2) is 0 Å². The Balaban J connectivity index is 1.95. The maximum Gasteiger partial charge on any atom is 0.221 e. The predicted octanol–water partition coefficient (Wildman–Crippen LogP) is 2.16. The Hall–Kier alpha value is -1.29. The number of aliphatic hydroxyl groups excluding tert-OH is 1. The first-order valence-corrected chi connectivity index (χ1v) is 7.22. The number of aliphatic hydroxyl groups is 1. The first kappa shape index (κ1) is 14.1. The van der Waals surface area contributed by atoms with Gasteiger partial charge in [0.1, 0.15) is 0 Å². The number of amides is 1. The third kappa shape index (κ3) is 3.83. The maximum absolute atomic E-state index is 11.6. The molecule has 0 bridgehead atoms. The van der Waals surface area contributed by atoms with E-state index in [0.29, 0.717) is 13.0 Å². The second kappa shape index (κ2) is 6.24. The average Bonchev–Trinajstić information content (AvgIpc) is 2.67. The van der Waals surface area contributed by atoms with Crippen molar-refractivity contribution < 1.29 is 9.90 Å². The minimum Gasteiger partial charge on any atom is -0.388 e. The van der Waals surface area contributed by atoms with Gasteiger partial charge >= 0.3 is 0 Å². The lowest BCUT2D eigenvalue weighted by atomic mass is 10.1. The summed E-state index contributed by atoms with van der Waals surface area (Å²) >= 11 is 0. The van der Waals surface area contributed by atoms with Gasteiger partial charge in [0.25, 0.3) is 0 Å². The lowest BCUT2D eigenvalue weighted by Gasteiger charge is -2.09. The van der Waals surface area contributed by atoms with Crippen molar-refractivity contribution in [3.63, 3.8) is 0 Å². The minimum atomic E-state index is -0.330. The highest BCUT2D eigenvalue weighted by atomic mass is 16.3. The molecule has 1 heterocycles. The Morgan fingerprint density at radius 1 is 1.47 bits per heavy atom. The number of hydrogen-bond donors (Lipinski definition) is 2. The van der Waals surface area contributed by atoms with Crippen LogP contribution in [-0.2, 0) is 17.8 Å². The molecular weight excluding hydrogens is 240 g/mol. The molecule has 0 saturated carbocycles. The van der Waals surface area contributed by atoms with Gasteiger partial charge in [0.2, 0.25) is 5.91 Å². The molecule has 4 nitrogen and oxygen atoms in total. The highest BCUT2D eigenvalue weighted by Crippen LogP contribution is 2.29. The van der Waals surface area contributed by atoms with Gasteiger partial charge in [-0.05, 0) is 38.7 Å². The third-order valence-corrected chi connectivity index (χ3v) is 3.58. The van der Waals surface area contributed by atoms with Crippen molar-refractivity contribution in [3.8, 4) is 0 Å². The maximum atomic E-state index is 11.6. The first-order valence-electron chi connectivity index (χ1n) is 7.22. The standard InChI is InChI=1S/C15H24N2O2/c1-11(2)16-15(19)7-8-17-9-12-5-3-4-6-14(18)13(12)10-17/h9-11,14,18H,3-8H2,1-2H3,(H,16,19). The van der Waals surface area contributed by atoms with Crippen LogP contribution in [0, 0.1) is 0 Å². The highest BCUT2D eigenvalue weighted by Gasteiger charge is 2.18. The van der Waals surface area contributed by atoms with Crippen LogP contribution >= 0.6 is 0 Å². The summed E-state index contributed by atoms with van der Waals surface area (Å²) in [5.74, 6) is 0.0828. The molecule has 4 heteroatoms. The summed E-state index contributed by atoms with van der Waals surface area (Å²) in [6, 6.07) is 0.190. The number of fused-ring (bicyclic) bond motifs is 1. The Morgan fingerprint density at radius 2 is 2.26 bits per heavy atom. The molecule has 0 aliphatic heterocycles. The zero-order valence-corrected chi connectivity index (χ0v) is 11.9. The Labute approximate surface area is 114 Å². The molecule has 0 saturated heterocycles. The number of nitrogens with one attached hydrogen (secondary N) is 1. The van der Waals surface area contributed by atoms with Crippen LogP contribution in [-0.4, -0.2) is 21.6 Å². The van der Waals surface area contributed by atoms with Crippen molar-refractivity contribution >= 4 is 5.91 Å². The Bertz CT molecular complexity index is 437. The molecule has 0 aromatic carbocycles. The van der Waals surface area contributed by atoms with Gasteiger partial charge in [-0.2, -0.15) is 0 Å². The van der Waals surface area contributed by atoms with Crippen molar-refractivity contribution in [1.82, 2.24) is 9.88 Å². The normalized spacial score (nSPS) is 19.1. The number of rotatable bonds is 4. The van der Waals surface area contributed by atoms with Gasteiger partial charge < -0.3 is 15.0 Å². The van der Waals surface area contributed by atoms with Crippen LogP contribution in [0.4, 0.5) is 0 Å². The lowest BCUT2D eigenvalue weighted by molar-refractivity contribution is -0.121. The molecule has 0 spiro atoms. The Kier molecular flexibility index (Phi) is 4.64. The monoisotopic (exact) mass is 264 g/mol. The van der Waals surface area contributed by atoms with E-state index in [2.05, 4.69) is 11.5 Å². The number of aryl methyl sites for hydroxylation is 2.